The highest BCUT2D eigenvalue weighted by molar-refractivity contribution is 5.95. The van der Waals surface area contributed by atoms with Gasteiger partial charge >= 0.3 is 0 Å². The van der Waals surface area contributed by atoms with E-state index in [0.29, 0.717) is 18.8 Å². The Bertz CT molecular complexity index is 884. The second-order valence-corrected chi connectivity index (χ2v) is 7.49. The van der Waals surface area contributed by atoms with E-state index in [1.807, 2.05) is 0 Å². The fraction of sp³-hybridized carbons (Fsp3) is 0.333. The predicted octanol–water partition coefficient (Wildman–Crippen LogP) is 3.38. The molecule has 1 saturated carbocycles. The minimum absolute atomic E-state index is 0.00493. The fourth-order valence-corrected chi connectivity index (χ4v) is 3.96. The van der Waals surface area contributed by atoms with Crippen molar-refractivity contribution < 1.29 is 18.4 Å². The van der Waals surface area contributed by atoms with Crippen LogP contribution in [0.1, 0.15) is 18.4 Å². The molecule has 1 N–H and O–H groups in total. The van der Waals surface area contributed by atoms with Gasteiger partial charge in [-0.2, -0.15) is 0 Å². The highest BCUT2D eigenvalue weighted by Crippen LogP contribution is 2.58. The number of halogens is 2. The van der Waals surface area contributed by atoms with E-state index in [4.69, 9.17) is 0 Å². The molecule has 4 nitrogen and oxygen atoms in total. The van der Waals surface area contributed by atoms with Crippen molar-refractivity contribution in [3.8, 4) is 0 Å². The van der Waals surface area contributed by atoms with Gasteiger partial charge in [0.25, 0.3) is 0 Å². The lowest BCUT2D eigenvalue weighted by molar-refractivity contribution is -0.129. The Balaban J connectivity index is 1.33. The number of anilines is 1. The van der Waals surface area contributed by atoms with Crippen LogP contribution in [0, 0.1) is 23.0 Å². The molecule has 1 saturated heterocycles. The average molecular weight is 370 g/mol. The lowest BCUT2D eigenvalue weighted by Crippen LogP contribution is -2.31. The summed E-state index contributed by atoms with van der Waals surface area (Å²) in [7, 11) is 0. The first-order valence-electron chi connectivity index (χ1n) is 9.04. The number of carbonyl (C=O) groups excluding carboxylic acids is 2. The smallest absolute Gasteiger partial charge is 0.228 e. The summed E-state index contributed by atoms with van der Waals surface area (Å²) in [5.41, 5.74) is 1.07. The molecule has 2 amide bonds. The van der Waals surface area contributed by atoms with E-state index in [9.17, 15) is 18.4 Å². The summed E-state index contributed by atoms with van der Waals surface area (Å²) in [6, 6.07) is 11.8. The molecule has 0 radical (unpaired) electrons. The van der Waals surface area contributed by atoms with E-state index in [-0.39, 0.29) is 35.4 Å². The summed E-state index contributed by atoms with van der Waals surface area (Å²) < 4.78 is 26.2. The molecule has 4 rings (SSSR count). The van der Waals surface area contributed by atoms with E-state index >= 15 is 0 Å². The highest BCUT2D eigenvalue weighted by Gasteiger charge is 2.61. The molecule has 1 aliphatic carbocycles. The molecule has 2 aliphatic rings. The van der Waals surface area contributed by atoms with Crippen molar-refractivity contribution in [2.75, 3.05) is 18.4 Å². The molecule has 1 spiro atoms. The van der Waals surface area contributed by atoms with Crippen molar-refractivity contribution in [3.05, 3.63) is 65.7 Å². The summed E-state index contributed by atoms with van der Waals surface area (Å²) in [4.78, 5) is 26.8. The lowest BCUT2D eigenvalue weighted by atomic mass is 10.0. The number of benzene rings is 2. The zero-order valence-corrected chi connectivity index (χ0v) is 14.8. The van der Waals surface area contributed by atoms with Crippen LogP contribution in [0.25, 0.3) is 0 Å². The first-order chi connectivity index (χ1) is 12.9. The molecule has 2 aromatic carbocycles. The number of rotatable bonds is 4. The molecule has 1 heterocycles. The van der Waals surface area contributed by atoms with Crippen molar-refractivity contribution in [1.82, 2.24) is 4.90 Å². The Morgan fingerprint density at radius 2 is 1.89 bits per heavy atom. The molecule has 0 aromatic heterocycles. The van der Waals surface area contributed by atoms with Gasteiger partial charge in [-0.1, -0.05) is 18.2 Å². The predicted molar refractivity (Wildman–Crippen MR) is 96.9 cm³/mol. The first kappa shape index (κ1) is 17.6. The van der Waals surface area contributed by atoms with Crippen LogP contribution in [0.3, 0.4) is 0 Å². The molecule has 140 valence electrons. The largest absolute Gasteiger partial charge is 0.342 e. The van der Waals surface area contributed by atoms with Crippen molar-refractivity contribution in [2.24, 2.45) is 11.3 Å². The molecule has 1 aliphatic heterocycles. The maximum absolute atomic E-state index is 13.3. The fourth-order valence-electron chi connectivity index (χ4n) is 3.96. The molecule has 2 aromatic rings. The average Bonchev–Trinajstić information content (AvgIpc) is 3.17. The number of likely N-dealkylation sites (tertiary alicyclic amines) is 1. The maximum Gasteiger partial charge on any atom is 0.228 e. The third kappa shape index (κ3) is 3.70. The van der Waals surface area contributed by atoms with Gasteiger partial charge in [0.15, 0.2) is 0 Å². The highest BCUT2D eigenvalue weighted by atomic mass is 19.1. The van der Waals surface area contributed by atoms with Crippen molar-refractivity contribution in [2.45, 2.75) is 19.3 Å². The normalized spacial score (nSPS) is 23.5. The van der Waals surface area contributed by atoms with Crippen LogP contribution >= 0.6 is 0 Å². The van der Waals surface area contributed by atoms with E-state index < -0.39 is 5.82 Å². The molecular formula is C21H20F2N2O2. The van der Waals surface area contributed by atoms with Gasteiger partial charge in [-0.05, 0) is 48.7 Å². The molecule has 2 fully saturated rings. The van der Waals surface area contributed by atoms with E-state index in [1.54, 1.807) is 29.2 Å². The van der Waals surface area contributed by atoms with Crippen LogP contribution in [-0.4, -0.2) is 29.8 Å². The lowest BCUT2D eigenvalue weighted by Gasteiger charge is -2.17. The Hall–Kier alpha value is -2.76. The van der Waals surface area contributed by atoms with Gasteiger partial charge in [-0.15, -0.1) is 0 Å². The Morgan fingerprint density at radius 1 is 1.11 bits per heavy atom. The van der Waals surface area contributed by atoms with Crippen molar-refractivity contribution in [1.29, 1.82) is 0 Å². The molecule has 27 heavy (non-hydrogen) atoms. The second-order valence-electron chi connectivity index (χ2n) is 7.49. The van der Waals surface area contributed by atoms with Crippen LogP contribution < -0.4 is 5.32 Å². The molecule has 6 heteroatoms. The standard InChI is InChI=1S/C21H20F2N2O2/c22-15-6-4-14(5-7-15)10-19(26)25-9-8-21(13-25)12-18(21)20(27)24-17-3-1-2-16(23)11-17/h1-7,11,18H,8-10,12-13H2,(H,24,27). The number of hydrogen-bond acceptors (Lipinski definition) is 2. The molecule has 2 atom stereocenters. The monoisotopic (exact) mass is 370 g/mol. The van der Waals surface area contributed by atoms with Crippen molar-refractivity contribution >= 4 is 17.5 Å². The van der Waals surface area contributed by atoms with Crippen LogP contribution in [0.4, 0.5) is 14.5 Å². The summed E-state index contributed by atoms with van der Waals surface area (Å²) in [5, 5.41) is 2.77. The van der Waals surface area contributed by atoms with Gasteiger partial charge in [-0.25, -0.2) is 8.78 Å². The van der Waals surface area contributed by atoms with Gasteiger partial charge in [0.1, 0.15) is 11.6 Å². The summed E-state index contributed by atoms with van der Waals surface area (Å²) in [5.74, 6) is -0.985. The van der Waals surface area contributed by atoms with Crippen LogP contribution in [0.2, 0.25) is 0 Å². The third-order valence-corrected chi connectivity index (χ3v) is 5.61. The Morgan fingerprint density at radius 3 is 2.63 bits per heavy atom. The summed E-state index contributed by atoms with van der Waals surface area (Å²) in [6.07, 6.45) is 1.77. The molecular weight excluding hydrogens is 350 g/mol. The number of carbonyl (C=O) groups is 2. The van der Waals surface area contributed by atoms with Crippen LogP contribution in [0.15, 0.2) is 48.5 Å². The van der Waals surface area contributed by atoms with Gasteiger partial charge in [0, 0.05) is 30.1 Å². The number of nitrogens with one attached hydrogen (secondary N) is 1. The minimum atomic E-state index is -0.392. The number of amides is 2. The Kier molecular flexibility index (Phi) is 4.42. The van der Waals surface area contributed by atoms with E-state index in [0.717, 1.165) is 18.4 Å². The topological polar surface area (TPSA) is 49.4 Å². The van der Waals surface area contributed by atoms with Gasteiger partial charge in [0.2, 0.25) is 11.8 Å². The van der Waals surface area contributed by atoms with Gasteiger partial charge in [0.05, 0.1) is 6.42 Å². The number of hydrogen-bond donors (Lipinski definition) is 1. The summed E-state index contributed by atoms with van der Waals surface area (Å²) in [6.45, 7) is 1.19. The van der Waals surface area contributed by atoms with E-state index in [1.165, 1.54) is 24.3 Å². The number of nitrogens with zero attached hydrogens (tertiary/aromatic N) is 1. The molecule has 0 bridgehead atoms. The summed E-state index contributed by atoms with van der Waals surface area (Å²) >= 11 is 0. The SMILES string of the molecule is O=C(Nc1cccc(F)c1)C1CC12CCN(C(=O)Cc1ccc(F)cc1)C2. The molecule has 2 unspecified atom stereocenters. The zero-order valence-electron chi connectivity index (χ0n) is 14.8. The second kappa shape index (κ2) is 6.76. The van der Waals surface area contributed by atoms with Crippen LogP contribution in [0.5, 0.6) is 0 Å². The quantitative estimate of drug-likeness (QED) is 0.897. The first-order valence-corrected chi connectivity index (χ1v) is 9.04. The van der Waals surface area contributed by atoms with Gasteiger partial charge in [-0.3, -0.25) is 9.59 Å². The van der Waals surface area contributed by atoms with E-state index in [2.05, 4.69) is 5.32 Å². The maximum atomic E-state index is 13.3. The van der Waals surface area contributed by atoms with Crippen molar-refractivity contribution in [3.63, 3.8) is 0 Å². The zero-order chi connectivity index (χ0) is 19.0. The van der Waals surface area contributed by atoms with Gasteiger partial charge < -0.3 is 10.2 Å². The van der Waals surface area contributed by atoms with Crippen LogP contribution in [-0.2, 0) is 16.0 Å². The minimum Gasteiger partial charge on any atom is -0.342 e. The Labute approximate surface area is 156 Å². The third-order valence-electron chi connectivity index (χ3n) is 5.61.